The molecule has 454 valence electrons. The molecule has 5 fully saturated rings. The van der Waals surface area contributed by atoms with Gasteiger partial charge in [-0.3, -0.25) is 24.1 Å². The topological polar surface area (TPSA) is 249 Å². The predicted molar refractivity (Wildman–Crippen MR) is 296 cm³/mol. The van der Waals surface area contributed by atoms with Crippen LogP contribution in [0.15, 0.2) is 35.5 Å². The van der Waals surface area contributed by atoms with Gasteiger partial charge < -0.3 is 68.1 Å². The zero-order valence-corrected chi connectivity index (χ0v) is 50.4. The zero-order valence-electron chi connectivity index (χ0n) is 50.4. The number of nitrogens with zero attached hydrogens (tertiary/aromatic N) is 2. The van der Waals surface area contributed by atoms with E-state index in [1.54, 1.807) is 39.8 Å². The first kappa shape index (κ1) is 65.5. The molecule has 1 aromatic rings. The second-order valence-electron chi connectivity index (χ2n) is 24.9. The van der Waals surface area contributed by atoms with Gasteiger partial charge >= 0.3 is 11.9 Å². The van der Waals surface area contributed by atoms with Crippen molar-refractivity contribution in [1.82, 2.24) is 10.2 Å². The number of nitrogens with one attached hydrogen (secondary N) is 1. The summed E-state index contributed by atoms with van der Waals surface area (Å²) in [6.45, 7) is 25.9. The molecule has 1 amide bonds. The standard InChI is InChI=1S/C60H97N3O17/c1-30(2)22-46(64)77-52-38(10)51(32(4)29-73-59-54(71-15)36(8)48(65)41(13)76-59)79-57(69)40(12)53(78-47-23-33(5)63(28-35(7)74-47)44-25-43(26-44)61-56(68)42-20-18-17-19-21-42)37(9)50(31(3)27-60(14,70)55(67)39(52)11)80-58-49(66)45(62-72-16)24-34(6)75-58/h17-21,30-41,43-44,47-54,58-59,65-66,70H,22-29H2,1-16H3,(H,61,68)/b62-45+/t31-,32-,33?,34+,35-,36+,37+,38-,39+,40+,41+,43-,44-,47-,48-,49+,50-,51+,52+,53-,54+,58-,59+,60-/m0/s1. The molecule has 20 heteroatoms. The Kier molecular flexibility index (Phi) is 23.5. The highest BCUT2D eigenvalue weighted by Gasteiger charge is 2.51. The van der Waals surface area contributed by atoms with Gasteiger partial charge in [0.25, 0.3) is 5.91 Å². The van der Waals surface area contributed by atoms with Crippen LogP contribution in [0.1, 0.15) is 146 Å². The highest BCUT2D eigenvalue weighted by atomic mass is 16.7. The Labute approximate surface area is 474 Å². The number of carbonyl (C=O) groups is 4. The Balaban J connectivity index is 1.38. The number of esters is 2. The summed E-state index contributed by atoms with van der Waals surface area (Å²) in [5.74, 6) is -7.44. The molecule has 1 aliphatic carbocycles. The number of hydrogen-bond donors (Lipinski definition) is 4. The van der Waals surface area contributed by atoms with Gasteiger partial charge in [0.15, 0.2) is 24.7 Å². The van der Waals surface area contributed by atoms with E-state index in [-0.39, 0.29) is 67.8 Å². The van der Waals surface area contributed by atoms with Crippen molar-refractivity contribution in [3.05, 3.63) is 35.9 Å². The number of oxime groups is 1. The minimum atomic E-state index is -2.04. The summed E-state index contributed by atoms with van der Waals surface area (Å²) in [4.78, 5) is 64.8. The fraction of sp³-hybridized carbons (Fsp3) is 0.817. The number of ketones is 1. The van der Waals surface area contributed by atoms with Gasteiger partial charge in [0.1, 0.15) is 37.1 Å². The summed E-state index contributed by atoms with van der Waals surface area (Å²) >= 11 is 0. The Bertz CT molecular complexity index is 2200. The highest BCUT2D eigenvalue weighted by molar-refractivity contribution is 5.94. The monoisotopic (exact) mass is 1130 g/mol. The van der Waals surface area contributed by atoms with Crippen LogP contribution < -0.4 is 5.32 Å². The van der Waals surface area contributed by atoms with E-state index < -0.39 is 133 Å². The third-order valence-corrected chi connectivity index (χ3v) is 17.4. The lowest BCUT2D eigenvalue weighted by atomic mass is 9.74. The van der Waals surface area contributed by atoms with Gasteiger partial charge in [0.2, 0.25) is 0 Å². The summed E-state index contributed by atoms with van der Waals surface area (Å²) in [6.07, 6.45) is -9.37. The van der Waals surface area contributed by atoms with Crippen LogP contribution in [-0.4, -0.2) is 181 Å². The van der Waals surface area contributed by atoms with E-state index in [1.807, 2.05) is 73.6 Å². The molecule has 5 aliphatic rings. The Morgan fingerprint density at radius 1 is 0.812 bits per heavy atom. The minimum absolute atomic E-state index is 0.0149. The first-order chi connectivity index (χ1) is 37.6. The first-order valence-corrected chi connectivity index (χ1v) is 29.3. The molecule has 1 aromatic carbocycles. The molecule has 4 aliphatic heterocycles. The second-order valence-corrected chi connectivity index (χ2v) is 24.9. The van der Waals surface area contributed by atoms with Crippen molar-refractivity contribution in [1.29, 1.82) is 0 Å². The third kappa shape index (κ3) is 16.1. The number of amides is 1. The van der Waals surface area contributed by atoms with Gasteiger partial charge in [0, 0.05) is 80.3 Å². The molecule has 1 unspecified atom stereocenters. The smallest absolute Gasteiger partial charge is 0.311 e. The highest BCUT2D eigenvalue weighted by Crippen LogP contribution is 2.40. The van der Waals surface area contributed by atoms with E-state index >= 15 is 9.59 Å². The summed E-state index contributed by atoms with van der Waals surface area (Å²) < 4.78 is 58.4. The van der Waals surface area contributed by atoms with Crippen LogP contribution in [0.3, 0.4) is 0 Å². The maximum atomic E-state index is 15.4. The second kappa shape index (κ2) is 28.7. The molecular weight excluding hydrogens is 1030 g/mol. The third-order valence-electron chi connectivity index (χ3n) is 17.4. The molecule has 0 bridgehead atoms. The lowest BCUT2D eigenvalue weighted by Gasteiger charge is -2.45. The van der Waals surface area contributed by atoms with Crippen molar-refractivity contribution in [2.75, 3.05) is 27.4 Å². The van der Waals surface area contributed by atoms with Gasteiger partial charge in [-0.1, -0.05) is 78.7 Å². The van der Waals surface area contributed by atoms with Crippen LogP contribution in [0, 0.1) is 47.3 Å². The van der Waals surface area contributed by atoms with Crippen LogP contribution in [0.5, 0.6) is 0 Å². The van der Waals surface area contributed by atoms with E-state index in [2.05, 4.69) is 22.3 Å². The summed E-state index contributed by atoms with van der Waals surface area (Å²) in [6, 6.07) is 9.30. The minimum Gasteiger partial charge on any atom is -0.461 e. The number of Topliss-reactive ketones (excluding diaryl/α,β-unsaturated/α-hetero) is 1. The van der Waals surface area contributed by atoms with Gasteiger partial charge in [-0.2, -0.15) is 0 Å². The molecule has 4 heterocycles. The number of ether oxygens (including phenoxy) is 9. The predicted octanol–water partition coefficient (Wildman–Crippen LogP) is 6.22. The number of carbonyl (C=O) groups excluding carboxylic acids is 4. The Morgan fingerprint density at radius 2 is 1.49 bits per heavy atom. The number of aliphatic hydroxyl groups excluding tert-OH is 2. The van der Waals surface area contributed by atoms with E-state index in [9.17, 15) is 24.9 Å². The van der Waals surface area contributed by atoms with Crippen LogP contribution >= 0.6 is 0 Å². The molecular formula is C60H97N3O17. The molecule has 80 heavy (non-hydrogen) atoms. The zero-order chi connectivity index (χ0) is 59.1. The summed E-state index contributed by atoms with van der Waals surface area (Å²) in [7, 11) is 2.90. The number of methoxy groups -OCH3 is 1. The Hall–Kier alpha value is -3.67. The van der Waals surface area contributed by atoms with Crippen LogP contribution in [0.2, 0.25) is 0 Å². The molecule has 0 aromatic heterocycles. The molecule has 0 spiro atoms. The average Bonchev–Trinajstić information content (AvgIpc) is 3.63. The van der Waals surface area contributed by atoms with Gasteiger partial charge in [-0.15, -0.1) is 0 Å². The van der Waals surface area contributed by atoms with Gasteiger partial charge in [-0.05, 0) is 84.8 Å². The van der Waals surface area contributed by atoms with Crippen molar-refractivity contribution >= 4 is 29.3 Å². The summed E-state index contributed by atoms with van der Waals surface area (Å²) in [5, 5.41) is 42.4. The lowest BCUT2D eigenvalue weighted by Crippen LogP contribution is -2.56. The van der Waals surface area contributed by atoms with Crippen molar-refractivity contribution in [3.63, 3.8) is 0 Å². The molecule has 0 radical (unpaired) electrons. The average molecular weight is 1130 g/mol. The summed E-state index contributed by atoms with van der Waals surface area (Å²) in [5.41, 5.74) is -1.12. The van der Waals surface area contributed by atoms with Gasteiger partial charge in [0.05, 0.1) is 60.8 Å². The molecule has 4 saturated heterocycles. The lowest BCUT2D eigenvalue weighted by molar-refractivity contribution is -0.288. The van der Waals surface area contributed by atoms with Crippen molar-refractivity contribution < 1.29 is 82.0 Å². The van der Waals surface area contributed by atoms with Crippen LogP contribution in [-0.2, 0) is 61.9 Å². The molecule has 1 saturated carbocycles. The maximum absolute atomic E-state index is 15.4. The van der Waals surface area contributed by atoms with E-state index in [4.69, 9.17) is 47.5 Å². The fourth-order valence-corrected chi connectivity index (χ4v) is 12.9. The van der Waals surface area contributed by atoms with Crippen molar-refractivity contribution in [3.8, 4) is 0 Å². The SMILES string of the molecule is CO/N=C1\C[C@@H](C)O[C@@H](O[C@@H]2[C@@H](C)[C@H](O[C@H]3CC(C)N([C@H]4C[C@H](NC(=O)c5ccccc5)C4)C[C@H](C)O3)[C@@H](C)C(=O)O[C@H]([C@@H](C)CO[C@@H]3O[C@H](C)[C@@H](O)[C@@H](C)[C@H]3OC)[C@H](C)[C@@H](OC(=O)CC(C)C)[C@@H](C)C(=O)[C@@](C)(O)C[C@@H]2C)[C@@H]1O. The van der Waals surface area contributed by atoms with E-state index in [0.717, 1.165) is 12.8 Å². The van der Waals surface area contributed by atoms with Crippen molar-refractivity contribution in [2.24, 2.45) is 52.5 Å². The van der Waals surface area contributed by atoms with Crippen LogP contribution in [0.4, 0.5) is 0 Å². The molecule has 22 atom stereocenters. The number of rotatable bonds is 16. The van der Waals surface area contributed by atoms with E-state index in [0.29, 0.717) is 24.2 Å². The Morgan fingerprint density at radius 3 is 2.12 bits per heavy atom. The molecule has 4 N–H and O–H groups in total. The molecule has 6 rings (SSSR count). The normalized spacial score (nSPS) is 41.9. The van der Waals surface area contributed by atoms with E-state index in [1.165, 1.54) is 21.1 Å². The largest absolute Gasteiger partial charge is 0.461 e. The maximum Gasteiger partial charge on any atom is 0.311 e. The number of hydrogen-bond acceptors (Lipinski definition) is 19. The number of aliphatic hydroxyl groups is 3. The quantitative estimate of drug-likeness (QED) is 0.106. The van der Waals surface area contributed by atoms with Crippen molar-refractivity contribution in [2.45, 2.75) is 239 Å². The number of cyclic esters (lactones) is 1. The number of benzene rings is 1. The van der Waals surface area contributed by atoms with Gasteiger partial charge in [-0.25, -0.2) is 0 Å². The first-order valence-electron chi connectivity index (χ1n) is 29.3. The molecule has 20 nitrogen and oxygen atoms in total. The van der Waals surface area contributed by atoms with Crippen LogP contribution in [0.25, 0.3) is 0 Å². The fourth-order valence-electron chi connectivity index (χ4n) is 12.9.